The van der Waals surface area contributed by atoms with Gasteiger partial charge in [-0.25, -0.2) is 0 Å². The van der Waals surface area contributed by atoms with Crippen molar-refractivity contribution in [3.05, 3.63) is 12.2 Å². The number of ether oxygens (including phenoxy) is 1. The fourth-order valence-electron chi connectivity index (χ4n) is 3.03. The van der Waals surface area contributed by atoms with Gasteiger partial charge in [-0.1, -0.05) is 12.2 Å². The lowest BCUT2D eigenvalue weighted by atomic mass is 9.92. The maximum absolute atomic E-state index is 6.10. The zero-order valence-electron chi connectivity index (χ0n) is 11.0. The van der Waals surface area contributed by atoms with Gasteiger partial charge in [0.2, 0.25) is 0 Å². The highest BCUT2D eigenvalue weighted by atomic mass is 16.5. The minimum atomic E-state index is -0.0468. The summed E-state index contributed by atoms with van der Waals surface area (Å²) in [6, 6.07) is 1.02. The molecule has 1 saturated heterocycles. The van der Waals surface area contributed by atoms with E-state index in [2.05, 4.69) is 45.2 Å². The van der Waals surface area contributed by atoms with E-state index >= 15 is 0 Å². The Kier molecular flexibility index (Phi) is 3.15. The van der Waals surface area contributed by atoms with E-state index in [-0.39, 0.29) is 11.2 Å². The molecule has 0 aromatic carbocycles. The molecule has 1 aliphatic carbocycles. The molecular formula is C14H25NO. The first kappa shape index (κ1) is 12.1. The average molecular weight is 223 g/mol. The van der Waals surface area contributed by atoms with Crippen LogP contribution in [0.5, 0.6) is 0 Å². The normalized spacial score (nSPS) is 36.5. The predicted octanol–water partition coefficient (Wildman–Crippen LogP) is 3.03. The van der Waals surface area contributed by atoms with E-state index in [1.807, 2.05) is 0 Å². The van der Waals surface area contributed by atoms with Crippen LogP contribution in [0.2, 0.25) is 0 Å². The Bertz CT molecular complexity index is 280. The van der Waals surface area contributed by atoms with Crippen LogP contribution in [0, 0.1) is 0 Å². The highest BCUT2D eigenvalue weighted by Crippen LogP contribution is 2.37. The summed E-state index contributed by atoms with van der Waals surface area (Å²) in [5.74, 6) is 0. The molecule has 1 heterocycles. The molecular weight excluding hydrogens is 198 g/mol. The summed E-state index contributed by atoms with van der Waals surface area (Å²) in [5.41, 5.74) is -0.0334. The lowest BCUT2D eigenvalue weighted by molar-refractivity contribution is -0.0702. The summed E-state index contributed by atoms with van der Waals surface area (Å²) in [7, 11) is 0. The SMILES string of the molecule is CC1(C)CC(NC2C=CCCC2)C(C)(C)O1. The monoisotopic (exact) mass is 223 g/mol. The zero-order valence-corrected chi connectivity index (χ0v) is 11.0. The molecule has 2 rings (SSSR count). The molecule has 2 heteroatoms. The number of rotatable bonds is 2. The third-order valence-corrected chi connectivity index (χ3v) is 3.74. The highest BCUT2D eigenvalue weighted by molar-refractivity contribution is 5.04. The number of hydrogen-bond donors (Lipinski definition) is 1. The summed E-state index contributed by atoms with van der Waals surface area (Å²) >= 11 is 0. The fraction of sp³-hybridized carbons (Fsp3) is 0.857. The first-order valence-electron chi connectivity index (χ1n) is 6.52. The van der Waals surface area contributed by atoms with Crippen molar-refractivity contribution in [3.63, 3.8) is 0 Å². The molecule has 0 spiro atoms. The van der Waals surface area contributed by atoms with Gasteiger partial charge in [-0.05, 0) is 53.4 Å². The Balaban J connectivity index is 1.99. The molecule has 0 aromatic heterocycles. The van der Waals surface area contributed by atoms with Gasteiger partial charge in [-0.15, -0.1) is 0 Å². The molecule has 2 unspecified atom stereocenters. The lowest BCUT2D eigenvalue weighted by Crippen LogP contribution is -2.47. The molecule has 92 valence electrons. The van der Waals surface area contributed by atoms with E-state index in [0.29, 0.717) is 12.1 Å². The Labute approximate surface area is 99.4 Å². The predicted molar refractivity (Wildman–Crippen MR) is 67.6 cm³/mol. The van der Waals surface area contributed by atoms with E-state index in [1.54, 1.807) is 0 Å². The van der Waals surface area contributed by atoms with Gasteiger partial charge in [0.1, 0.15) is 0 Å². The summed E-state index contributed by atoms with van der Waals surface area (Å²) in [6.07, 6.45) is 9.55. The van der Waals surface area contributed by atoms with Gasteiger partial charge in [0.15, 0.2) is 0 Å². The molecule has 0 radical (unpaired) electrons. The molecule has 2 atom stereocenters. The van der Waals surface area contributed by atoms with E-state index in [0.717, 1.165) is 6.42 Å². The highest BCUT2D eigenvalue weighted by Gasteiger charge is 2.46. The van der Waals surface area contributed by atoms with Crippen LogP contribution in [0.25, 0.3) is 0 Å². The first-order chi connectivity index (χ1) is 7.39. The second-order valence-electron chi connectivity index (χ2n) is 6.35. The van der Waals surface area contributed by atoms with Crippen molar-refractivity contribution in [2.24, 2.45) is 0 Å². The van der Waals surface area contributed by atoms with Crippen LogP contribution in [0.4, 0.5) is 0 Å². The topological polar surface area (TPSA) is 21.3 Å². The van der Waals surface area contributed by atoms with Crippen molar-refractivity contribution in [3.8, 4) is 0 Å². The van der Waals surface area contributed by atoms with Gasteiger partial charge in [0, 0.05) is 12.1 Å². The van der Waals surface area contributed by atoms with Crippen molar-refractivity contribution in [2.75, 3.05) is 0 Å². The largest absolute Gasteiger partial charge is 0.368 e. The lowest BCUT2D eigenvalue weighted by Gasteiger charge is -2.31. The van der Waals surface area contributed by atoms with E-state index in [9.17, 15) is 0 Å². The summed E-state index contributed by atoms with van der Waals surface area (Å²) < 4.78 is 6.10. The smallest absolute Gasteiger partial charge is 0.0787 e. The van der Waals surface area contributed by atoms with Crippen LogP contribution < -0.4 is 5.32 Å². The second-order valence-corrected chi connectivity index (χ2v) is 6.35. The van der Waals surface area contributed by atoms with E-state index in [4.69, 9.17) is 4.74 Å². The molecule has 1 N–H and O–H groups in total. The van der Waals surface area contributed by atoms with Crippen LogP contribution in [-0.2, 0) is 4.74 Å². The molecule has 2 nitrogen and oxygen atoms in total. The molecule has 1 aliphatic heterocycles. The number of allylic oxidation sites excluding steroid dienone is 1. The van der Waals surface area contributed by atoms with Crippen molar-refractivity contribution in [1.29, 1.82) is 0 Å². The van der Waals surface area contributed by atoms with Gasteiger partial charge in [-0.3, -0.25) is 0 Å². The van der Waals surface area contributed by atoms with Crippen molar-refractivity contribution >= 4 is 0 Å². The second kappa shape index (κ2) is 4.15. The molecule has 0 aromatic rings. The van der Waals surface area contributed by atoms with Gasteiger partial charge >= 0.3 is 0 Å². The molecule has 0 bridgehead atoms. The fourth-order valence-corrected chi connectivity index (χ4v) is 3.03. The third-order valence-electron chi connectivity index (χ3n) is 3.74. The number of nitrogens with one attached hydrogen (secondary N) is 1. The van der Waals surface area contributed by atoms with Crippen LogP contribution in [-0.4, -0.2) is 23.3 Å². The Morgan fingerprint density at radius 1 is 1.25 bits per heavy atom. The van der Waals surface area contributed by atoms with Crippen LogP contribution in [0.3, 0.4) is 0 Å². The molecule has 2 aliphatic rings. The van der Waals surface area contributed by atoms with Crippen LogP contribution >= 0.6 is 0 Å². The van der Waals surface area contributed by atoms with Gasteiger partial charge in [-0.2, -0.15) is 0 Å². The quantitative estimate of drug-likeness (QED) is 0.727. The van der Waals surface area contributed by atoms with Gasteiger partial charge in [0.25, 0.3) is 0 Å². The van der Waals surface area contributed by atoms with Crippen molar-refractivity contribution in [1.82, 2.24) is 5.32 Å². The summed E-state index contributed by atoms with van der Waals surface area (Å²) in [5, 5.41) is 3.75. The van der Waals surface area contributed by atoms with Crippen molar-refractivity contribution in [2.45, 2.75) is 76.7 Å². The van der Waals surface area contributed by atoms with E-state index in [1.165, 1.54) is 19.3 Å². The average Bonchev–Trinajstić information content (AvgIpc) is 2.36. The Morgan fingerprint density at radius 2 is 2.00 bits per heavy atom. The molecule has 0 saturated carbocycles. The Morgan fingerprint density at radius 3 is 2.50 bits per heavy atom. The van der Waals surface area contributed by atoms with Gasteiger partial charge < -0.3 is 10.1 Å². The molecule has 16 heavy (non-hydrogen) atoms. The molecule has 0 amide bonds. The van der Waals surface area contributed by atoms with Crippen LogP contribution in [0.15, 0.2) is 12.2 Å². The van der Waals surface area contributed by atoms with E-state index < -0.39 is 0 Å². The standard InChI is InChI=1S/C14H25NO/c1-13(2)10-12(14(3,4)16-13)15-11-8-6-5-7-9-11/h6,8,11-12,15H,5,7,9-10H2,1-4H3. The minimum absolute atomic E-state index is 0.0134. The van der Waals surface area contributed by atoms with Crippen LogP contribution in [0.1, 0.15) is 53.4 Å². The van der Waals surface area contributed by atoms with Crippen molar-refractivity contribution < 1.29 is 4.74 Å². The first-order valence-corrected chi connectivity index (χ1v) is 6.52. The third kappa shape index (κ3) is 2.67. The minimum Gasteiger partial charge on any atom is -0.368 e. The van der Waals surface area contributed by atoms with Gasteiger partial charge in [0.05, 0.1) is 11.2 Å². The number of hydrogen-bond acceptors (Lipinski definition) is 2. The zero-order chi connectivity index (χ0) is 11.8. The maximum atomic E-state index is 6.10. The maximum Gasteiger partial charge on any atom is 0.0787 e. The Hall–Kier alpha value is -0.340. The summed E-state index contributed by atoms with van der Waals surface area (Å²) in [6.45, 7) is 8.78. The molecule has 1 fully saturated rings. The summed E-state index contributed by atoms with van der Waals surface area (Å²) in [4.78, 5) is 0.